The van der Waals surface area contributed by atoms with Gasteiger partial charge in [0.15, 0.2) is 6.61 Å². The summed E-state index contributed by atoms with van der Waals surface area (Å²) >= 11 is 0. The molecule has 0 atom stereocenters. The summed E-state index contributed by atoms with van der Waals surface area (Å²) in [5, 5.41) is 10.9. The lowest BCUT2D eigenvalue weighted by Gasteiger charge is -2.07. The highest BCUT2D eigenvalue weighted by Crippen LogP contribution is 2.23. The Bertz CT molecular complexity index is 951. The second-order valence-electron chi connectivity index (χ2n) is 5.56. The number of methoxy groups -OCH3 is 1. The fourth-order valence-electron chi connectivity index (χ4n) is 2.37. The van der Waals surface area contributed by atoms with Crippen LogP contribution in [0.5, 0.6) is 5.75 Å². The third kappa shape index (κ3) is 4.59. The molecule has 0 aliphatic carbocycles. The Morgan fingerprint density at radius 1 is 1.15 bits per heavy atom. The van der Waals surface area contributed by atoms with Crippen molar-refractivity contribution >= 4 is 17.3 Å². The van der Waals surface area contributed by atoms with E-state index in [-0.39, 0.29) is 18.9 Å². The SMILES string of the molecule is COCCOC(=O)COc1ccc(-c2cn3cc([N+](=O)[O-])ccc3n2)cc1. The van der Waals surface area contributed by atoms with Gasteiger partial charge in [-0.25, -0.2) is 9.78 Å². The molecule has 1 aromatic carbocycles. The molecule has 0 saturated carbocycles. The summed E-state index contributed by atoms with van der Waals surface area (Å²) in [4.78, 5) is 26.3. The third-order valence-electron chi connectivity index (χ3n) is 3.70. The molecule has 3 aromatic rings. The minimum Gasteiger partial charge on any atom is -0.482 e. The van der Waals surface area contributed by atoms with Gasteiger partial charge in [-0.05, 0) is 30.3 Å². The molecule has 140 valence electrons. The summed E-state index contributed by atoms with van der Waals surface area (Å²) in [5.74, 6) is 0.0416. The van der Waals surface area contributed by atoms with Crippen molar-refractivity contribution in [2.45, 2.75) is 0 Å². The van der Waals surface area contributed by atoms with Crippen molar-refractivity contribution in [3.63, 3.8) is 0 Å². The van der Waals surface area contributed by atoms with Gasteiger partial charge < -0.3 is 14.2 Å². The molecule has 0 radical (unpaired) electrons. The molecule has 0 bridgehead atoms. The van der Waals surface area contributed by atoms with Crippen LogP contribution in [0.4, 0.5) is 5.69 Å². The quantitative estimate of drug-likeness (QED) is 0.259. The van der Waals surface area contributed by atoms with E-state index in [2.05, 4.69) is 4.98 Å². The number of carbonyl (C=O) groups excluding carboxylic acids is 1. The van der Waals surface area contributed by atoms with Crippen molar-refractivity contribution in [3.8, 4) is 17.0 Å². The highest BCUT2D eigenvalue weighted by molar-refractivity contribution is 5.71. The van der Waals surface area contributed by atoms with Gasteiger partial charge in [0.2, 0.25) is 0 Å². The monoisotopic (exact) mass is 371 g/mol. The largest absolute Gasteiger partial charge is 0.482 e. The van der Waals surface area contributed by atoms with Gasteiger partial charge in [0, 0.05) is 24.9 Å². The predicted octanol–water partition coefficient (Wildman–Crippen LogP) is 2.48. The van der Waals surface area contributed by atoms with Crippen molar-refractivity contribution in [2.75, 3.05) is 26.9 Å². The first kappa shape index (κ1) is 18.3. The van der Waals surface area contributed by atoms with E-state index < -0.39 is 10.9 Å². The first-order valence-electron chi connectivity index (χ1n) is 8.08. The molecular weight excluding hydrogens is 354 g/mol. The Balaban J connectivity index is 1.65. The number of fused-ring (bicyclic) bond motifs is 1. The molecular formula is C18H17N3O6. The number of esters is 1. The fraction of sp³-hybridized carbons (Fsp3) is 0.222. The maximum atomic E-state index is 11.5. The number of rotatable bonds is 8. The Morgan fingerprint density at radius 2 is 1.93 bits per heavy atom. The maximum Gasteiger partial charge on any atom is 0.344 e. The maximum absolute atomic E-state index is 11.5. The second kappa shape index (κ2) is 8.28. The number of pyridine rings is 1. The average molecular weight is 371 g/mol. The van der Waals surface area contributed by atoms with E-state index in [9.17, 15) is 14.9 Å². The molecule has 0 N–H and O–H groups in total. The van der Waals surface area contributed by atoms with Gasteiger partial charge in [-0.2, -0.15) is 0 Å². The van der Waals surface area contributed by atoms with Gasteiger partial charge in [0.25, 0.3) is 5.69 Å². The number of hydrogen-bond donors (Lipinski definition) is 0. The van der Waals surface area contributed by atoms with E-state index in [1.54, 1.807) is 40.9 Å². The summed E-state index contributed by atoms with van der Waals surface area (Å²) in [6.07, 6.45) is 3.13. The van der Waals surface area contributed by atoms with Gasteiger partial charge >= 0.3 is 5.97 Å². The van der Waals surface area contributed by atoms with Gasteiger partial charge in [0.1, 0.15) is 18.0 Å². The van der Waals surface area contributed by atoms with Crippen LogP contribution >= 0.6 is 0 Å². The number of nitrogens with zero attached hydrogens (tertiary/aromatic N) is 3. The first-order valence-corrected chi connectivity index (χ1v) is 8.08. The molecule has 3 rings (SSSR count). The molecule has 0 amide bonds. The molecule has 2 aromatic heterocycles. The van der Waals surface area contributed by atoms with E-state index >= 15 is 0 Å². The number of aromatic nitrogens is 2. The molecule has 0 aliphatic rings. The summed E-state index contributed by atoms with van der Waals surface area (Å²) in [7, 11) is 1.52. The van der Waals surface area contributed by atoms with Crippen molar-refractivity contribution in [1.29, 1.82) is 0 Å². The molecule has 2 heterocycles. The number of carbonyl (C=O) groups is 1. The number of hydrogen-bond acceptors (Lipinski definition) is 7. The Hall–Kier alpha value is -3.46. The lowest BCUT2D eigenvalue weighted by Crippen LogP contribution is -2.17. The summed E-state index contributed by atoms with van der Waals surface area (Å²) in [6.45, 7) is 0.327. The van der Waals surface area contributed by atoms with Gasteiger partial charge in [-0.3, -0.25) is 14.5 Å². The number of benzene rings is 1. The zero-order chi connectivity index (χ0) is 19.2. The zero-order valence-electron chi connectivity index (χ0n) is 14.5. The lowest BCUT2D eigenvalue weighted by molar-refractivity contribution is -0.385. The fourth-order valence-corrected chi connectivity index (χ4v) is 2.37. The van der Waals surface area contributed by atoms with Crippen LogP contribution in [0.2, 0.25) is 0 Å². The van der Waals surface area contributed by atoms with E-state index in [1.165, 1.54) is 19.4 Å². The lowest BCUT2D eigenvalue weighted by atomic mass is 10.2. The molecule has 0 fully saturated rings. The minimum atomic E-state index is -0.474. The number of imidazole rings is 1. The summed E-state index contributed by atoms with van der Waals surface area (Å²) in [5.41, 5.74) is 2.08. The standard InChI is InChI=1S/C18H17N3O6/c1-25-8-9-26-18(22)12-27-15-5-2-13(3-6-15)16-11-20-10-14(21(23)24)4-7-17(20)19-16/h2-7,10-11H,8-9,12H2,1H3. The molecule has 0 aliphatic heterocycles. The summed E-state index contributed by atoms with van der Waals surface area (Å²) < 4.78 is 16.7. The third-order valence-corrected chi connectivity index (χ3v) is 3.70. The topological polar surface area (TPSA) is 105 Å². The number of nitro groups is 1. The first-order chi connectivity index (χ1) is 13.1. The van der Waals surface area contributed by atoms with E-state index in [0.717, 1.165) is 5.56 Å². The van der Waals surface area contributed by atoms with Crippen LogP contribution in [0.25, 0.3) is 16.9 Å². The van der Waals surface area contributed by atoms with Gasteiger partial charge in [-0.15, -0.1) is 0 Å². The van der Waals surface area contributed by atoms with Crippen LogP contribution < -0.4 is 4.74 Å². The second-order valence-corrected chi connectivity index (χ2v) is 5.56. The van der Waals surface area contributed by atoms with Crippen LogP contribution in [-0.4, -0.2) is 47.2 Å². The van der Waals surface area contributed by atoms with Crippen molar-refractivity contribution < 1.29 is 23.9 Å². The van der Waals surface area contributed by atoms with E-state index in [4.69, 9.17) is 14.2 Å². The van der Waals surface area contributed by atoms with Crippen LogP contribution in [0.1, 0.15) is 0 Å². The normalized spacial score (nSPS) is 10.7. The number of ether oxygens (including phenoxy) is 3. The van der Waals surface area contributed by atoms with Crippen LogP contribution in [0, 0.1) is 10.1 Å². The molecule has 9 heteroatoms. The zero-order valence-corrected chi connectivity index (χ0v) is 14.5. The Labute approximate surface area is 154 Å². The van der Waals surface area contributed by atoms with Gasteiger partial charge in [0.05, 0.1) is 23.4 Å². The van der Waals surface area contributed by atoms with Crippen molar-refractivity contribution in [2.24, 2.45) is 0 Å². The van der Waals surface area contributed by atoms with Crippen LogP contribution in [0.3, 0.4) is 0 Å². The van der Waals surface area contributed by atoms with Gasteiger partial charge in [-0.1, -0.05) is 0 Å². The molecule has 0 saturated heterocycles. The molecule has 0 spiro atoms. The highest BCUT2D eigenvalue weighted by Gasteiger charge is 2.10. The molecule has 0 unspecified atom stereocenters. The van der Waals surface area contributed by atoms with E-state index in [1.807, 2.05) is 0 Å². The molecule has 9 nitrogen and oxygen atoms in total. The Morgan fingerprint density at radius 3 is 2.63 bits per heavy atom. The van der Waals surface area contributed by atoms with Crippen molar-refractivity contribution in [1.82, 2.24) is 9.38 Å². The summed E-state index contributed by atoms with van der Waals surface area (Å²) in [6, 6.07) is 10.0. The van der Waals surface area contributed by atoms with E-state index in [0.29, 0.717) is 23.7 Å². The Kier molecular flexibility index (Phi) is 5.62. The minimum absolute atomic E-state index is 0.00687. The average Bonchev–Trinajstić information content (AvgIpc) is 3.10. The molecule has 27 heavy (non-hydrogen) atoms. The van der Waals surface area contributed by atoms with Crippen LogP contribution in [-0.2, 0) is 14.3 Å². The van der Waals surface area contributed by atoms with Crippen molar-refractivity contribution in [3.05, 3.63) is 58.9 Å². The highest BCUT2D eigenvalue weighted by atomic mass is 16.6. The van der Waals surface area contributed by atoms with Crippen LogP contribution in [0.15, 0.2) is 48.8 Å². The predicted molar refractivity (Wildman–Crippen MR) is 95.6 cm³/mol. The smallest absolute Gasteiger partial charge is 0.344 e.